The Morgan fingerprint density at radius 3 is 1.93 bits per heavy atom. The van der Waals surface area contributed by atoms with Crippen molar-refractivity contribution >= 4 is 5.69 Å². The normalized spacial score (nSPS) is 19.5. The summed E-state index contributed by atoms with van der Waals surface area (Å²) in [7, 11) is 2.26. The van der Waals surface area contributed by atoms with E-state index >= 15 is 0 Å². The quantitative estimate of drug-likeness (QED) is 0.193. The molecule has 1 N–H and O–H groups in total. The zero-order valence-corrected chi connectivity index (χ0v) is 25.0. The summed E-state index contributed by atoms with van der Waals surface area (Å²) in [5, 5.41) is 4.26. The fraction of sp³-hybridized carbons (Fsp3) is 0.368. The Hall–Kier alpha value is -3.60. The second-order valence-corrected chi connectivity index (χ2v) is 12.0. The summed E-state index contributed by atoms with van der Waals surface area (Å²) < 4.78 is 6.20. The highest BCUT2D eigenvalue weighted by molar-refractivity contribution is 5.52. The van der Waals surface area contributed by atoms with E-state index in [-0.39, 0.29) is 0 Å². The average molecular weight is 560 g/mol. The third-order valence-corrected chi connectivity index (χ3v) is 9.34. The van der Waals surface area contributed by atoms with Gasteiger partial charge in [-0.1, -0.05) is 97.1 Å². The van der Waals surface area contributed by atoms with Crippen molar-refractivity contribution in [1.29, 1.82) is 0 Å². The topological polar surface area (TPSA) is 27.7 Å². The first kappa shape index (κ1) is 28.5. The van der Waals surface area contributed by atoms with Crippen molar-refractivity contribution in [3.8, 4) is 5.75 Å². The molecular formula is C38H45N3O. The molecular weight excluding hydrogens is 514 g/mol. The van der Waals surface area contributed by atoms with E-state index in [1.807, 2.05) is 0 Å². The maximum atomic E-state index is 6.20. The average Bonchev–Trinajstić information content (AvgIpc) is 3.58. The molecule has 1 saturated carbocycles. The van der Waals surface area contributed by atoms with Crippen molar-refractivity contribution in [3.05, 3.63) is 132 Å². The van der Waals surface area contributed by atoms with Crippen molar-refractivity contribution in [2.24, 2.45) is 0 Å². The Morgan fingerprint density at radius 1 is 0.738 bits per heavy atom. The number of rotatable bonds is 11. The maximum Gasteiger partial charge on any atom is 0.121 e. The molecule has 6 rings (SSSR count). The van der Waals surface area contributed by atoms with E-state index in [1.54, 1.807) is 0 Å². The minimum atomic E-state index is -0.433. The van der Waals surface area contributed by atoms with Crippen LogP contribution in [0.3, 0.4) is 0 Å². The van der Waals surface area contributed by atoms with E-state index in [0.29, 0.717) is 12.1 Å². The van der Waals surface area contributed by atoms with E-state index in [4.69, 9.17) is 4.74 Å². The van der Waals surface area contributed by atoms with Crippen molar-refractivity contribution in [3.63, 3.8) is 0 Å². The zero-order valence-electron chi connectivity index (χ0n) is 25.0. The number of ether oxygens (including phenoxy) is 1. The fourth-order valence-electron chi connectivity index (χ4n) is 7.07. The van der Waals surface area contributed by atoms with Gasteiger partial charge in [-0.25, -0.2) is 0 Å². The van der Waals surface area contributed by atoms with Crippen molar-refractivity contribution in [1.82, 2.24) is 10.2 Å². The molecule has 4 aromatic rings. The molecule has 1 saturated heterocycles. The van der Waals surface area contributed by atoms with Crippen molar-refractivity contribution < 1.29 is 4.74 Å². The van der Waals surface area contributed by atoms with Gasteiger partial charge in [0.25, 0.3) is 0 Å². The first-order valence-corrected chi connectivity index (χ1v) is 15.8. The highest BCUT2D eigenvalue weighted by Gasteiger charge is 2.39. The monoisotopic (exact) mass is 559 g/mol. The van der Waals surface area contributed by atoms with Crippen LogP contribution in [0.4, 0.5) is 5.69 Å². The van der Waals surface area contributed by atoms with Gasteiger partial charge in [-0.2, -0.15) is 0 Å². The van der Waals surface area contributed by atoms with Gasteiger partial charge in [-0.15, -0.1) is 0 Å². The number of benzene rings is 4. The van der Waals surface area contributed by atoms with Crippen LogP contribution in [0, 0.1) is 0 Å². The lowest BCUT2D eigenvalue weighted by Crippen LogP contribution is -2.53. The number of hydrogen-bond donors (Lipinski definition) is 1. The predicted molar refractivity (Wildman–Crippen MR) is 174 cm³/mol. The molecule has 2 fully saturated rings. The minimum absolute atomic E-state index is 0.367. The molecule has 1 aliphatic heterocycles. The van der Waals surface area contributed by atoms with Gasteiger partial charge < -0.3 is 9.64 Å². The van der Waals surface area contributed by atoms with E-state index in [2.05, 4.69) is 137 Å². The Morgan fingerprint density at radius 2 is 1.33 bits per heavy atom. The summed E-state index contributed by atoms with van der Waals surface area (Å²) in [5.41, 5.74) is 4.63. The SMILES string of the molecule is CN(c1cccc(OCCN2CCCC2)c1)C1CCCC(NC(c2ccccc2)(c2ccccc2)c2ccccc2)C1. The number of likely N-dealkylation sites (tertiary alicyclic amines) is 1. The van der Waals surface area contributed by atoms with Gasteiger partial charge in [0.15, 0.2) is 0 Å². The number of anilines is 1. The molecule has 0 amide bonds. The molecule has 0 aromatic heterocycles. The van der Waals surface area contributed by atoms with Gasteiger partial charge in [-0.3, -0.25) is 10.2 Å². The van der Waals surface area contributed by atoms with E-state index < -0.39 is 5.54 Å². The number of nitrogens with one attached hydrogen (secondary N) is 1. The van der Waals surface area contributed by atoms with E-state index in [1.165, 1.54) is 61.2 Å². The Bertz CT molecular complexity index is 1270. The summed E-state index contributed by atoms with van der Waals surface area (Å²) >= 11 is 0. The van der Waals surface area contributed by atoms with Gasteiger partial charge in [0, 0.05) is 37.4 Å². The Kier molecular flexibility index (Phi) is 9.22. The lowest BCUT2D eigenvalue weighted by molar-refractivity contribution is 0.237. The van der Waals surface area contributed by atoms with Gasteiger partial charge in [0.1, 0.15) is 12.4 Å². The van der Waals surface area contributed by atoms with Gasteiger partial charge in [-0.05, 0) is 80.4 Å². The van der Waals surface area contributed by atoms with Crippen LogP contribution in [-0.2, 0) is 5.54 Å². The first-order valence-electron chi connectivity index (χ1n) is 15.8. The summed E-state index contributed by atoms with van der Waals surface area (Å²) in [6, 6.07) is 42.5. The largest absolute Gasteiger partial charge is 0.492 e. The molecule has 0 radical (unpaired) electrons. The zero-order chi connectivity index (χ0) is 28.6. The lowest BCUT2D eigenvalue weighted by atomic mass is 9.75. The standard InChI is InChI=1S/C38H45N3O/c1-40(36-23-14-24-37(30-36)42-28-27-41-25-11-12-26-41)35-22-13-21-34(29-35)39-38(31-15-5-2-6-16-31,32-17-7-3-8-18-32)33-19-9-4-10-20-33/h2-10,14-20,23-24,30,34-35,39H,11-13,21-22,25-29H2,1H3. The molecule has 0 spiro atoms. The third kappa shape index (κ3) is 6.40. The molecule has 4 heteroatoms. The van der Waals surface area contributed by atoms with Crippen LogP contribution >= 0.6 is 0 Å². The second kappa shape index (κ2) is 13.6. The van der Waals surface area contributed by atoms with Crippen LogP contribution < -0.4 is 15.0 Å². The summed E-state index contributed by atoms with van der Waals surface area (Å²) in [6.45, 7) is 4.19. The molecule has 1 heterocycles. The number of hydrogen-bond acceptors (Lipinski definition) is 4. The van der Waals surface area contributed by atoms with Gasteiger partial charge in [0.2, 0.25) is 0 Å². The lowest BCUT2D eigenvalue weighted by Gasteiger charge is -2.44. The molecule has 218 valence electrons. The maximum absolute atomic E-state index is 6.20. The minimum Gasteiger partial charge on any atom is -0.492 e. The highest BCUT2D eigenvalue weighted by atomic mass is 16.5. The third-order valence-electron chi connectivity index (χ3n) is 9.34. The van der Waals surface area contributed by atoms with Gasteiger partial charge >= 0.3 is 0 Å². The molecule has 2 unspecified atom stereocenters. The highest BCUT2D eigenvalue weighted by Crippen LogP contribution is 2.39. The van der Waals surface area contributed by atoms with Crippen LogP contribution in [0.5, 0.6) is 5.75 Å². The van der Waals surface area contributed by atoms with Crippen LogP contribution in [0.1, 0.15) is 55.2 Å². The molecule has 2 aliphatic rings. The summed E-state index contributed by atoms with van der Waals surface area (Å²) in [6.07, 6.45) is 7.29. The van der Waals surface area contributed by atoms with Crippen LogP contribution in [-0.4, -0.2) is 50.3 Å². The van der Waals surface area contributed by atoms with Crippen LogP contribution in [0.25, 0.3) is 0 Å². The number of nitrogens with zero attached hydrogens (tertiary/aromatic N) is 2. The smallest absolute Gasteiger partial charge is 0.121 e. The Balaban J connectivity index is 1.22. The van der Waals surface area contributed by atoms with Gasteiger partial charge in [0.05, 0.1) is 5.54 Å². The van der Waals surface area contributed by atoms with E-state index in [0.717, 1.165) is 31.7 Å². The summed E-state index contributed by atoms with van der Waals surface area (Å²) in [4.78, 5) is 4.99. The molecule has 0 bridgehead atoms. The molecule has 1 aliphatic carbocycles. The Labute approximate surface area is 252 Å². The fourth-order valence-corrected chi connectivity index (χ4v) is 7.07. The molecule has 2 atom stereocenters. The predicted octanol–water partition coefficient (Wildman–Crippen LogP) is 7.49. The first-order chi connectivity index (χ1) is 20.7. The second-order valence-electron chi connectivity index (χ2n) is 12.0. The summed E-state index contributed by atoms with van der Waals surface area (Å²) in [5.74, 6) is 0.972. The van der Waals surface area contributed by atoms with Crippen molar-refractivity contribution in [2.75, 3.05) is 38.2 Å². The van der Waals surface area contributed by atoms with Crippen molar-refractivity contribution in [2.45, 2.75) is 56.1 Å². The molecule has 4 aromatic carbocycles. The molecule has 42 heavy (non-hydrogen) atoms. The van der Waals surface area contributed by atoms with E-state index in [9.17, 15) is 0 Å². The molecule has 4 nitrogen and oxygen atoms in total. The van der Waals surface area contributed by atoms with Crippen LogP contribution in [0.15, 0.2) is 115 Å². The van der Waals surface area contributed by atoms with Crippen LogP contribution in [0.2, 0.25) is 0 Å².